The average molecular weight is 460 g/mol. The quantitative estimate of drug-likeness (QED) is 0.666. The zero-order chi connectivity index (χ0) is 22.0. The van der Waals surface area contributed by atoms with Gasteiger partial charge in [0.2, 0.25) is 11.8 Å². The number of carbonyl (C=O) groups is 2. The SMILES string of the molecule is CC(C)CN1CC(C(=O)N2CCN(C(c3ccccc3)c3nccn3C)CC2)CC1=O.Cl. The summed E-state index contributed by atoms with van der Waals surface area (Å²) in [5, 5.41) is 0. The second-order valence-electron chi connectivity index (χ2n) is 9.16. The van der Waals surface area contributed by atoms with E-state index < -0.39 is 0 Å². The van der Waals surface area contributed by atoms with Crippen LogP contribution in [0.1, 0.15) is 37.7 Å². The zero-order valence-electron chi connectivity index (χ0n) is 19.2. The normalized spacial score (nSPS) is 20.5. The molecule has 0 aliphatic carbocycles. The highest BCUT2D eigenvalue weighted by Crippen LogP contribution is 2.29. The fraction of sp³-hybridized carbons (Fsp3) is 0.542. The van der Waals surface area contributed by atoms with Crippen molar-refractivity contribution in [1.82, 2.24) is 24.3 Å². The highest BCUT2D eigenvalue weighted by atomic mass is 35.5. The molecule has 2 aromatic rings. The molecule has 1 aromatic heterocycles. The number of piperazine rings is 1. The van der Waals surface area contributed by atoms with Crippen molar-refractivity contribution >= 4 is 24.2 Å². The highest BCUT2D eigenvalue weighted by Gasteiger charge is 2.38. The zero-order valence-corrected chi connectivity index (χ0v) is 20.0. The molecule has 2 saturated heterocycles. The summed E-state index contributed by atoms with van der Waals surface area (Å²) in [6.07, 6.45) is 4.17. The lowest BCUT2D eigenvalue weighted by atomic mass is 10.0. The molecule has 7 nitrogen and oxygen atoms in total. The Balaban J connectivity index is 0.00000289. The molecule has 2 fully saturated rings. The maximum Gasteiger partial charge on any atom is 0.228 e. The standard InChI is InChI=1S/C24H33N5O2.ClH/c1-18(2)16-29-17-20(15-21(29)30)24(31)28-13-11-27(12-14-28)22(19-7-5-4-6-8-19)23-25-9-10-26(23)3;/h4-10,18,20,22H,11-17H2,1-3H3;1H. The lowest BCUT2D eigenvalue weighted by molar-refractivity contribution is -0.137. The van der Waals surface area contributed by atoms with Gasteiger partial charge in [0.05, 0.1) is 12.0 Å². The van der Waals surface area contributed by atoms with Gasteiger partial charge >= 0.3 is 0 Å². The average Bonchev–Trinajstić information content (AvgIpc) is 3.34. The molecule has 2 aliphatic heterocycles. The summed E-state index contributed by atoms with van der Waals surface area (Å²) < 4.78 is 2.07. The molecule has 2 unspecified atom stereocenters. The van der Waals surface area contributed by atoms with Gasteiger partial charge < -0.3 is 14.4 Å². The van der Waals surface area contributed by atoms with E-state index in [4.69, 9.17) is 0 Å². The van der Waals surface area contributed by atoms with Crippen LogP contribution >= 0.6 is 12.4 Å². The van der Waals surface area contributed by atoms with Crippen LogP contribution in [0.25, 0.3) is 0 Å². The number of likely N-dealkylation sites (tertiary alicyclic amines) is 1. The van der Waals surface area contributed by atoms with Crippen molar-refractivity contribution in [2.45, 2.75) is 26.3 Å². The van der Waals surface area contributed by atoms with E-state index in [9.17, 15) is 9.59 Å². The van der Waals surface area contributed by atoms with E-state index in [1.807, 2.05) is 35.3 Å². The summed E-state index contributed by atoms with van der Waals surface area (Å²) in [5.74, 6) is 1.48. The fourth-order valence-electron chi connectivity index (χ4n) is 4.81. The predicted molar refractivity (Wildman–Crippen MR) is 126 cm³/mol. The molecule has 0 N–H and O–H groups in total. The molecule has 3 heterocycles. The molecule has 1 aromatic carbocycles. The van der Waals surface area contributed by atoms with Crippen molar-refractivity contribution in [3.05, 3.63) is 54.1 Å². The summed E-state index contributed by atoms with van der Waals surface area (Å²) in [6.45, 7) is 8.44. The summed E-state index contributed by atoms with van der Waals surface area (Å²) in [7, 11) is 2.03. The Morgan fingerprint density at radius 1 is 1.12 bits per heavy atom. The molecule has 0 saturated carbocycles. The third-order valence-electron chi connectivity index (χ3n) is 6.36. The smallest absolute Gasteiger partial charge is 0.228 e. The first-order valence-corrected chi connectivity index (χ1v) is 11.3. The van der Waals surface area contributed by atoms with E-state index in [1.54, 1.807) is 0 Å². The Bertz CT molecular complexity index is 908. The van der Waals surface area contributed by atoms with Gasteiger partial charge in [-0.2, -0.15) is 0 Å². The maximum atomic E-state index is 13.1. The Labute approximate surface area is 196 Å². The molecule has 2 amide bonds. The molecule has 8 heteroatoms. The summed E-state index contributed by atoms with van der Waals surface area (Å²) >= 11 is 0. The first-order chi connectivity index (χ1) is 14.9. The van der Waals surface area contributed by atoms with Crippen LogP contribution in [0.5, 0.6) is 0 Å². The topological polar surface area (TPSA) is 61.7 Å². The second kappa shape index (κ2) is 10.5. The first-order valence-electron chi connectivity index (χ1n) is 11.3. The van der Waals surface area contributed by atoms with Gasteiger partial charge in [0.25, 0.3) is 0 Å². The molecule has 2 atom stereocenters. The number of hydrogen-bond donors (Lipinski definition) is 0. The third-order valence-corrected chi connectivity index (χ3v) is 6.36. The van der Waals surface area contributed by atoms with Crippen LogP contribution in [0.4, 0.5) is 0 Å². The largest absolute Gasteiger partial charge is 0.342 e. The van der Waals surface area contributed by atoms with Gasteiger partial charge in [-0.15, -0.1) is 12.4 Å². The van der Waals surface area contributed by atoms with Gasteiger partial charge in [-0.25, -0.2) is 4.98 Å². The Kier molecular flexibility index (Phi) is 7.96. The van der Waals surface area contributed by atoms with Crippen LogP contribution in [0.15, 0.2) is 42.7 Å². The first kappa shape index (κ1) is 24.3. The molecule has 0 radical (unpaired) electrons. The van der Waals surface area contributed by atoms with Crippen LogP contribution in [0.3, 0.4) is 0 Å². The number of nitrogens with zero attached hydrogens (tertiary/aromatic N) is 5. The van der Waals surface area contributed by atoms with Crippen LogP contribution < -0.4 is 0 Å². The van der Waals surface area contributed by atoms with Gasteiger partial charge in [-0.05, 0) is 11.5 Å². The van der Waals surface area contributed by atoms with Crippen molar-refractivity contribution in [1.29, 1.82) is 0 Å². The molecule has 174 valence electrons. The predicted octanol–water partition coefficient (Wildman–Crippen LogP) is 2.58. The van der Waals surface area contributed by atoms with Gasteiger partial charge in [-0.3, -0.25) is 14.5 Å². The van der Waals surface area contributed by atoms with Gasteiger partial charge in [-0.1, -0.05) is 44.2 Å². The Morgan fingerprint density at radius 2 is 1.81 bits per heavy atom. The van der Waals surface area contributed by atoms with Crippen LogP contribution in [-0.4, -0.2) is 75.3 Å². The van der Waals surface area contributed by atoms with Gasteiger partial charge in [0, 0.05) is 65.1 Å². The number of aryl methyl sites for hydroxylation is 1. The number of aromatic nitrogens is 2. The number of halogens is 1. The summed E-state index contributed by atoms with van der Waals surface area (Å²) in [6, 6.07) is 10.5. The van der Waals surface area contributed by atoms with E-state index >= 15 is 0 Å². The molecule has 4 rings (SSSR count). The van der Waals surface area contributed by atoms with E-state index in [0.29, 0.717) is 32.0 Å². The van der Waals surface area contributed by atoms with Crippen LogP contribution in [-0.2, 0) is 16.6 Å². The van der Waals surface area contributed by atoms with E-state index in [-0.39, 0.29) is 36.2 Å². The van der Waals surface area contributed by atoms with Crippen LogP contribution in [0, 0.1) is 11.8 Å². The third kappa shape index (κ3) is 5.15. The van der Waals surface area contributed by atoms with Crippen molar-refractivity contribution in [2.75, 3.05) is 39.3 Å². The summed E-state index contributed by atoms with van der Waals surface area (Å²) in [4.78, 5) is 36.3. The Hall–Kier alpha value is -2.38. The monoisotopic (exact) mass is 459 g/mol. The highest BCUT2D eigenvalue weighted by molar-refractivity contribution is 5.89. The van der Waals surface area contributed by atoms with Crippen LogP contribution in [0.2, 0.25) is 0 Å². The minimum Gasteiger partial charge on any atom is -0.342 e. The van der Waals surface area contributed by atoms with E-state index in [0.717, 1.165) is 25.5 Å². The minimum atomic E-state index is -0.197. The number of rotatable bonds is 6. The van der Waals surface area contributed by atoms with E-state index in [2.05, 4.69) is 52.6 Å². The van der Waals surface area contributed by atoms with Gasteiger partial charge in [0.1, 0.15) is 5.82 Å². The number of amides is 2. The number of hydrogen-bond acceptors (Lipinski definition) is 4. The summed E-state index contributed by atoms with van der Waals surface area (Å²) in [5.41, 5.74) is 1.21. The maximum absolute atomic E-state index is 13.1. The second-order valence-corrected chi connectivity index (χ2v) is 9.16. The molecule has 2 aliphatic rings. The minimum absolute atomic E-state index is 0. The lowest BCUT2D eigenvalue weighted by Crippen LogP contribution is -2.51. The van der Waals surface area contributed by atoms with Crippen molar-refractivity contribution in [3.8, 4) is 0 Å². The fourth-order valence-corrected chi connectivity index (χ4v) is 4.81. The van der Waals surface area contributed by atoms with Gasteiger partial charge in [0.15, 0.2) is 0 Å². The molecular formula is C24H34ClN5O2. The molecule has 0 bridgehead atoms. The van der Waals surface area contributed by atoms with E-state index in [1.165, 1.54) is 5.56 Å². The van der Waals surface area contributed by atoms with Crippen molar-refractivity contribution < 1.29 is 9.59 Å². The molecular weight excluding hydrogens is 426 g/mol. The lowest BCUT2D eigenvalue weighted by Gasteiger charge is -2.39. The van der Waals surface area contributed by atoms with Crippen molar-refractivity contribution in [2.24, 2.45) is 18.9 Å². The van der Waals surface area contributed by atoms with Crippen molar-refractivity contribution in [3.63, 3.8) is 0 Å². The Morgan fingerprint density at radius 3 is 2.41 bits per heavy atom. The number of benzene rings is 1. The number of imidazole rings is 1. The molecule has 0 spiro atoms. The molecule has 32 heavy (non-hydrogen) atoms. The number of carbonyl (C=O) groups excluding carboxylic acids is 2.